The fourth-order valence-corrected chi connectivity index (χ4v) is 3.58. The van der Waals surface area contributed by atoms with E-state index >= 15 is 0 Å². The van der Waals surface area contributed by atoms with Crippen molar-refractivity contribution in [1.82, 2.24) is 4.90 Å². The average molecular weight is 483 g/mol. The third-order valence-electron chi connectivity index (χ3n) is 3.44. The van der Waals surface area contributed by atoms with Crippen LogP contribution in [-0.2, 0) is 4.79 Å². The van der Waals surface area contributed by atoms with Gasteiger partial charge in [-0.15, -0.1) is 0 Å². The Balaban J connectivity index is 1.61. The van der Waals surface area contributed by atoms with E-state index in [0.717, 1.165) is 26.3 Å². The van der Waals surface area contributed by atoms with Crippen LogP contribution in [0.5, 0.6) is 5.75 Å². The highest BCUT2D eigenvalue weighted by Gasteiger charge is 2.34. The number of benzene rings is 2. The van der Waals surface area contributed by atoms with Gasteiger partial charge in [0.25, 0.3) is 11.1 Å². The summed E-state index contributed by atoms with van der Waals surface area (Å²) in [5, 5.41) is -0.271. The van der Waals surface area contributed by atoms with Crippen LogP contribution in [0.4, 0.5) is 4.79 Å². The SMILES string of the molecule is O=C1S/C(=C\c2ccc(Br)cc2)C(=O)N1CCOc1ccc(Br)cc1. The average Bonchev–Trinajstić information content (AvgIpc) is 2.86. The van der Waals surface area contributed by atoms with Gasteiger partial charge in [0.15, 0.2) is 0 Å². The topological polar surface area (TPSA) is 46.6 Å². The van der Waals surface area contributed by atoms with Crippen LogP contribution in [0.2, 0.25) is 0 Å². The van der Waals surface area contributed by atoms with Crippen LogP contribution >= 0.6 is 43.6 Å². The molecule has 1 aliphatic heterocycles. The highest BCUT2D eigenvalue weighted by atomic mass is 79.9. The maximum Gasteiger partial charge on any atom is 0.293 e. The van der Waals surface area contributed by atoms with Crippen molar-refractivity contribution >= 4 is 60.8 Å². The van der Waals surface area contributed by atoms with Crippen molar-refractivity contribution in [2.24, 2.45) is 0 Å². The fourth-order valence-electron chi connectivity index (χ4n) is 2.19. The van der Waals surface area contributed by atoms with E-state index in [-0.39, 0.29) is 24.3 Å². The molecule has 0 N–H and O–H groups in total. The van der Waals surface area contributed by atoms with Crippen LogP contribution in [-0.4, -0.2) is 29.2 Å². The second-order valence-corrected chi connectivity index (χ2v) is 8.01. The Morgan fingerprint density at radius 1 is 0.960 bits per heavy atom. The van der Waals surface area contributed by atoms with E-state index in [1.165, 1.54) is 4.90 Å². The van der Waals surface area contributed by atoms with E-state index in [9.17, 15) is 9.59 Å². The van der Waals surface area contributed by atoms with Crippen LogP contribution < -0.4 is 4.74 Å². The van der Waals surface area contributed by atoms with Gasteiger partial charge in [-0.05, 0) is 59.8 Å². The zero-order chi connectivity index (χ0) is 17.8. The van der Waals surface area contributed by atoms with Crippen molar-refractivity contribution < 1.29 is 14.3 Å². The minimum Gasteiger partial charge on any atom is -0.492 e. The van der Waals surface area contributed by atoms with E-state index in [1.54, 1.807) is 6.08 Å². The highest BCUT2D eigenvalue weighted by molar-refractivity contribution is 9.10. The molecular weight excluding hydrogens is 470 g/mol. The Hall–Kier alpha value is -1.57. The minimum absolute atomic E-state index is 0.221. The summed E-state index contributed by atoms with van der Waals surface area (Å²) in [6.07, 6.45) is 1.73. The van der Waals surface area contributed by atoms with Crippen molar-refractivity contribution in [2.45, 2.75) is 0 Å². The molecule has 0 saturated carbocycles. The Morgan fingerprint density at radius 2 is 1.56 bits per heavy atom. The number of carbonyl (C=O) groups is 2. The van der Waals surface area contributed by atoms with Crippen LogP contribution in [0.3, 0.4) is 0 Å². The first-order valence-corrected chi connectivity index (χ1v) is 9.82. The molecular formula is C18H13Br2NO3S. The molecule has 0 radical (unpaired) electrons. The number of nitrogens with zero attached hydrogens (tertiary/aromatic N) is 1. The summed E-state index contributed by atoms with van der Waals surface area (Å²) < 4.78 is 7.51. The monoisotopic (exact) mass is 481 g/mol. The van der Waals surface area contributed by atoms with Crippen LogP contribution in [0, 0.1) is 0 Å². The van der Waals surface area contributed by atoms with Gasteiger partial charge in [0.2, 0.25) is 0 Å². The van der Waals surface area contributed by atoms with Gasteiger partial charge in [-0.25, -0.2) is 0 Å². The van der Waals surface area contributed by atoms with Gasteiger partial charge >= 0.3 is 0 Å². The van der Waals surface area contributed by atoms with E-state index < -0.39 is 0 Å². The molecule has 0 aromatic heterocycles. The van der Waals surface area contributed by atoms with E-state index in [1.807, 2.05) is 48.5 Å². The number of ether oxygens (including phenoxy) is 1. The molecule has 128 valence electrons. The number of amides is 2. The lowest BCUT2D eigenvalue weighted by atomic mass is 10.2. The number of halogens is 2. The molecule has 1 saturated heterocycles. The summed E-state index contributed by atoms with van der Waals surface area (Å²) in [6, 6.07) is 14.9. The maximum atomic E-state index is 12.4. The van der Waals surface area contributed by atoms with Gasteiger partial charge in [0.1, 0.15) is 12.4 Å². The van der Waals surface area contributed by atoms with E-state index in [0.29, 0.717) is 10.7 Å². The molecule has 1 heterocycles. The normalized spacial score (nSPS) is 15.9. The molecule has 0 unspecified atom stereocenters. The summed E-state index contributed by atoms with van der Waals surface area (Å²) in [5.41, 5.74) is 0.875. The first kappa shape index (κ1) is 18.2. The highest BCUT2D eigenvalue weighted by Crippen LogP contribution is 2.32. The van der Waals surface area contributed by atoms with E-state index in [2.05, 4.69) is 31.9 Å². The molecule has 4 nitrogen and oxygen atoms in total. The molecule has 7 heteroatoms. The predicted molar refractivity (Wildman–Crippen MR) is 106 cm³/mol. The fraction of sp³-hybridized carbons (Fsp3) is 0.111. The second kappa shape index (κ2) is 8.21. The van der Waals surface area contributed by atoms with Crippen molar-refractivity contribution in [1.29, 1.82) is 0 Å². The molecule has 2 aromatic carbocycles. The Morgan fingerprint density at radius 3 is 2.20 bits per heavy atom. The first-order chi connectivity index (χ1) is 12.0. The molecule has 1 fully saturated rings. The number of imide groups is 1. The van der Waals surface area contributed by atoms with Crippen molar-refractivity contribution in [3.05, 3.63) is 67.9 Å². The van der Waals surface area contributed by atoms with Crippen molar-refractivity contribution in [2.75, 3.05) is 13.2 Å². The summed E-state index contributed by atoms with van der Waals surface area (Å²) >= 11 is 7.68. The van der Waals surface area contributed by atoms with Gasteiger partial charge in [-0.2, -0.15) is 0 Å². The lowest BCUT2D eigenvalue weighted by Crippen LogP contribution is -2.32. The molecule has 0 aliphatic carbocycles. The minimum atomic E-state index is -0.280. The predicted octanol–water partition coefficient (Wildman–Crippen LogP) is 5.33. The van der Waals surface area contributed by atoms with Crippen LogP contribution in [0.15, 0.2) is 62.4 Å². The van der Waals surface area contributed by atoms with Crippen LogP contribution in [0.25, 0.3) is 6.08 Å². The largest absolute Gasteiger partial charge is 0.492 e. The quantitative estimate of drug-likeness (QED) is 0.540. The van der Waals surface area contributed by atoms with Gasteiger partial charge < -0.3 is 4.74 Å². The number of rotatable bonds is 5. The van der Waals surface area contributed by atoms with Crippen molar-refractivity contribution in [3.63, 3.8) is 0 Å². The summed E-state index contributed by atoms with van der Waals surface area (Å²) in [6.45, 7) is 0.476. The third kappa shape index (κ3) is 4.74. The lowest BCUT2D eigenvalue weighted by Gasteiger charge is -2.13. The van der Waals surface area contributed by atoms with Gasteiger partial charge in [-0.1, -0.05) is 44.0 Å². The zero-order valence-electron chi connectivity index (χ0n) is 12.9. The lowest BCUT2D eigenvalue weighted by molar-refractivity contribution is -0.123. The number of hydrogen-bond acceptors (Lipinski definition) is 4. The smallest absolute Gasteiger partial charge is 0.293 e. The molecule has 0 spiro atoms. The summed E-state index contributed by atoms with van der Waals surface area (Å²) in [7, 11) is 0. The molecule has 0 bridgehead atoms. The number of hydrogen-bond donors (Lipinski definition) is 0. The summed E-state index contributed by atoms with van der Waals surface area (Å²) in [4.78, 5) is 26.1. The van der Waals surface area contributed by atoms with Crippen molar-refractivity contribution in [3.8, 4) is 5.75 Å². The molecule has 3 rings (SSSR count). The Labute approximate surface area is 166 Å². The number of carbonyl (C=O) groups excluding carboxylic acids is 2. The first-order valence-electron chi connectivity index (χ1n) is 7.42. The zero-order valence-corrected chi connectivity index (χ0v) is 16.9. The molecule has 2 amide bonds. The molecule has 2 aromatic rings. The summed E-state index contributed by atoms with van der Waals surface area (Å²) in [5.74, 6) is 0.415. The van der Waals surface area contributed by atoms with Gasteiger partial charge in [0.05, 0.1) is 11.4 Å². The number of thioether (sulfide) groups is 1. The van der Waals surface area contributed by atoms with E-state index in [4.69, 9.17) is 4.74 Å². The Bertz CT molecular complexity index is 819. The third-order valence-corrected chi connectivity index (χ3v) is 5.40. The molecule has 0 atom stereocenters. The second-order valence-electron chi connectivity index (χ2n) is 5.19. The Kier molecular flexibility index (Phi) is 5.98. The standard InChI is InChI=1S/C18H13Br2NO3S/c19-13-3-1-12(2-4-13)11-16-17(22)21(18(23)25-16)9-10-24-15-7-5-14(20)6-8-15/h1-8,11H,9-10H2/b16-11-. The maximum absolute atomic E-state index is 12.4. The van der Waals surface area contributed by atoms with Gasteiger partial charge in [-0.3, -0.25) is 14.5 Å². The molecule has 1 aliphatic rings. The van der Waals surface area contributed by atoms with Crippen LogP contribution in [0.1, 0.15) is 5.56 Å². The molecule has 25 heavy (non-hydrogen) atoms. The van der Waals surface area contributed by atoms with Gasteiger partial charge in [0, 0.05) is 8.95 Å².